The van der Waals surface area contributed by atoms with Crippen LogP contribution in [0.25, 0.3) is 0 Å². The molecule has 2 N–H and O–H groups in total. The third kappa shape index (κ3) is 1.74. The number of rotatable bonds is 5. The van der Waals surface area contributed by atoms with Crippen LogP contribution in [0.5, 0.6) is 11.5 Å². The molecule has 0 aromatic heterocycles. The Balaban J connectivity index is 2.40. The zero-order chi connectivity index (χ0) is 11.6. The Bertz CT molecular complexity index is 375. The van der Waals surface area contributed by atoms with E-state index < -0.39 is 0 Å². The molecule has 0 aliphatic heterocycles. The van der Waals surface area contributed by atoms with Crippen molar-refractivity contribution >= 4 is 0 Å². The highest BCUT2D eigenvalue weighted by molar-refractivity contribution is 5.52. The van der Waals surface area contributed by atoms with Gasteiger partial charge in [0.25, 0.3) is 0 Å². The molecule has 0 spiro atoms. The zero-order valence-electron chi connectivity index (χ0n) is 9.66. The largest absolute Gasteiger partial charge is 0.493 e. The number of hydrogen-bond acceptors (Lipinski definition) is 4. The minimum atomic E-state index is 0.0225. The minimum Gasteiger partial charge on any atom is -0.493 e. The summed E-state index contributed by atoms with van der Waals surface area (Å²) in [5.41, 5.74) is 1.15. The smallest absolute Gasteiger partial charge is 0.164 e. The lowest BCUT2D eigenvalue weighted by Gasteiger charge is -2.19. The molecule has 0 unspecified atom stereocenters. The molecule has 0 radical (unpaired) electrons. The van der Waals surface area contributed by atoms with Crippen molar-refractivity contribution in [3.05, 3.63) is 23.8 Å². The van der Waals surface area contributed by atoms with Gasteiger partial charge in [0.15, 0.2) is 11.5 Å². The summed E-state index contributed by atoms with van der Waals surface area (Å²) < 4.78 is 10.7. The number of para-hydroxylation sites is 1. The summed E-state index contributed by atoms with van der Waals surface area (Å²) >= 11 is 0. The average Bonchev–Trinajstić information content (AvgIpc) is 3.09. The number of ether oxygens (including phenoxy) is 2. The second kappa shape index (κ2) is 4.31. The zero-order valence-corrected chi connectivity index (χ0v) is 9.66. The van der Waals surface area contributed by atoms with Crippen LogP contribution >= 0.6 is 0 Å². The van der Waals surface area contributed by atoms with Gasteiger partial charge in [0.2, 0.25) is 0 Å². The summed E-state index contributed by atoms with van der Waals surface area (Å²) in [7, 11) is 3.29. The van der Waals surface area contributed by atoms with Gasteiger partial charge in [0, 0.05) is 11.0 Å². The molecule has 0 amide bonds. The van der Waals surface area contributed by atoms with Crippen molar-refractivity contribution in [1.29, 1.82) is 0 Å². The predicted octanol–water partition coefficient (Wildman–Crippen LogP) is 1.63. The molecular formula is C12H17NO3. The maximum atomic E-state index is 5.42. The first kappa shape index (κ1) is 11.2. The van der Waals surface area contributed by atoms with Crippen LogP contribution in [-0.2, 0) is 10.3 Å². The van der Waals surface area contributed by atoms with E-state index in [1.54, 1.807) is 14.2 Å². The molecule has 88 valence electrons. The molecule has 4 nitrogen and oxygen atoms in total. The molecule has 1 aliphatic rings. The Hall–Kier alpha value is -1.26. The van der Waals surface area contributed by atoms with Crippen molar-refractivity contribution in [3.8, 4) is 11.5 Å². The van der Waals surface area contributed by atoms with Crippen molar-refractivity contribution in [2.45, 2.75) is 18.3 Å². The highest BCUT2D eigenvalue weighted by atomic mass is 16.6. The van der Waals surface area contributed by atoms with Crippen LogP contribution in [0.3, 0.4) is 0 Å². The standard InChI is InChI=1S/C12H17NO3/c1-14-10-5-3-4-9(11(10)15-2)12(6-7-12)8-16-13/h3-5H,6-8,13H2,1-2H3. The maximum absolute atomic E-state index is 5.42. The van der Waals surface area contributed by atoms with Gasteiger partial charge in [-0.15, -0.1) is 0 Å². The van der Waals surface area contributed by atoms with Crippen LogP contribution < -0.4 is 15.4 Å². The second-order valence-electron chi connectivity index (χ2n) is 4.13. The van der Waals surface area contributed by atoms with E-state index in [0.29, 0.717) is 6.61 Å². The highest BCUT2D eigenvalue weighted by Crippen LogP contribution is 2.53. The van der Waals surface area contributed by atoms with E-state index in [1.807, 2.05) is 18.2 Å². The van der Waals surface area contributed by atoms with Crippen molar-refractivity contribution in [1.82, 2.24) is 0 Å². The molecule has 1 fully saturated rings. The van der Waals surface area contributed by atoms with Crippen LogP contribution in [0, 0.1) is 0 Å². The number of methoxy groups -OCH3 is 2. The molecule has 1 aromatic rings. The fraction of sp³-hybridized carbons (Fsp3) is 0.500. The molecule has 0 atom stereocenters. The molecule has 16 heavy (non-hydrogen) atoms. The number of benzene rings is 1. The Labute approximate surface area is 95.2 Å². The fourth-order valence-corrected chi connectivity index (χ4v) is 2.11. The Morgan fingerprint density at radius 3 is 2.50 bits per heavy atom. The predicted molar refractivity (Wildman–Crippen MR) is 60.6 cm³/mol. The van der Waals surface area contributed by atoms with E-state index in [2.05, 4.69) is 0 Å². The van der Waals surface area contributed by atoms with Crippen LogP contribution in [-0.4, -0.2) is 20.8 Å². The molecule has 4 heteroatoms. The topological polar surface area (TPSA) is 53.7 Å². The van der Waals surface area contributed by atoms with Crippen molar-refractivity contribution in [3.63, 3.8) is 0 Å². The molecule has 0 saturated heterocycles. The van der Waals surface area contributed by atoms with Gasteiger partial charge in [0.1, 0.15) is 0 Å². The fourth-order valence-electron chi connectivity index (χ4n) is 2.11. The van der Waals surface area contributed by atoms with Gasteiger partial charge < -0.3 is 14.3 Å². The monoisotopic (exact) mass is 223 g/mol. The van der Waals surface area contributed by atoms with Gasteiger partial charge in [0.05, 0.1) is 20.8 Å². The van der Waals surface area contributed by atoms with Crippen LogP contribution in [0.1, 0.15) is 18.4 Å². The summed E-state index contributed by atoms with van der Waals surface area (Å²) in [6, 6.07) is 5.91. The van der Waals surface area contributed by atoms with E-state index >= 15 is 0 Å². The second-order valence-corrected chi connectivity index (χ2v) is 4.13. The number of hydrogen-bond donors (Lipinski definition) is 1. The number of nitrogens with two attached hydrogens (primary N) is 1. The molecule has 0 bridgehead atoms. The SMILES string of the molecule is COc1cccc(C2(CON)CC2)c1OC. The van der Waals surface area contributed by atoms with E-state index in [0.717, 1.165) is 29.9 Å². The quantitative estimate of drug-likeness (QED) is 0.771. The summed E-state index contributed by atoms with van der Waals surface area (Å²) in [6.07, 6.45) is 2.15. The Morgan fingerprint density at radius 1 is 1.25 bits per heavy atom. The lowest BCUT2D eigenvalue weighted by Crippen LogP contribution is -2.19. The first-order chi connectivity index (χ1) is 7.77. The third-order valence-corrected chi connectivity index (χ3v) is 3.19. The molecule has 1 saturated carbocycles. The van der Waals surface area contributed by atoms with Gasteiger partial charge in [-0.05, 0) is 18.9 Å². The third-order valence-electron chi connectivity index (χ3n) is 3.19. The lowest BCUT2D eigenvalue weighted by atomic mass is 9.95. The molecule has 1 aliphatic carbocycles. The van der Waals surface area contributed by atoms with Crippen molar-refractivity contribution < 1.29 is 14.3 Å². The maximum Gasteiger partial charge on any atom is 0.164 e. The van der Waals surface area contributed by atoms with Crippen molar-refractivity contribution in [2.75, 3.05) is 20.8 Å². The highest BCUT2D eigenvalue weighted by Gasteiger charge is 2.47. The van der Waals surface area contributed by atoms with Crippen LogP contribution in [0.4, 0.5) is 0 Å². The summed E-state index contributed by atoms with van der Waals surface area (Å²) in [5, 5.41) is 0. The molecular weight excluding hydrogens is 206 g/mol. The van der Waals surface area contributed by atoms with Crippen LogP contribution in [0.15, 0.2) is 18.2 Å². The summed E-state index contributed by atoms with van der Waals surface area (Å²) in [4.78, 5) is 4.80. The van der Waals surface area contributed by atoms with E-state index in [-0.39, 0.29) is 5.41 Å². The first-order valence-corrected chi connectivity index (χ1v) is 5.30. The van der Waals surface area contributed by atoms with E-state index in [1.165, 1.54) is 0 Å². The van der Waals surface area contributed by atoms with Crippen molar-refractivity contribution in [2.24, 2.45) is 5.90 Å². The summed E-state index contributed by atoms with van der Waals surface area (Å²) in [6.45, 7) is 0.524. The first-order valence-electron chi connectivity index (χ1n) is 5.30. The van der Waals surface area contributed by atoms with Gasteiger partial charge in [-0.3, -0.25) is 0 Å². The molecule has 1 aromatic carbocycles. The van der Waals surface area contributed by atoms with Crippen LogP contribution in [0.2, 0.25) is 0 Å². The van der Waals surface area contributed by atoms with Gasteiger partial charge in [-0.25, -0.2) is 5.90 Å². The minimum absolute atomic E-state index is 0.0225. The van der Waals surface area contributed by atoms with Gasteiger partial charge >= 0.3 is 0 Å². The molecule has 2 rings (SSSR count). The van der Waals surface area contributed by atoms with E-state index in [9.17, 15) is 0 Å². The average molecular weight is 223 g/mol. The molecule has 0 heterocycles. The Morgan fingerprint density at radius 2 is 2.00 bits per heavy atom. The normalized spacial score (nSPS) is 16.9. The van der Waals surface area contributed by atoms with Gasteiger partial charge in [-0.2, -0.15) is 0 Å². The summed E-state index contributed by atoms with van der Waals surface area (Å²) in [5.74, 6) is 6.73. The Kier molecular flexibility index (Phi) is 3.03. The van der Waals surface area contributed by atoms with E-state index in [4.69, 9.17) is 20.2 Å². The lowest BCUT2D eigenvalue weighted by molar-refractivity contribution is 0.115. The van der Waals surface area contributed by atoms with Gasteiger partial charge in [-0.1, -0.05) is 12.1 Å².